The fourth-order valence-electron chi connectivity index (χ4n) is 8.20. The van der Waals surface area contributed by atoms with Gasteiger partial charge in [0.15, 0.2) is 6.10 Å². The van der Waals surface area contributed by atoms with Gasteiger partial charge in [0.25, 0.3) is 0 Å². The number of carbonyl (C=O) groups excluding carboxylic acids is 3. The molecule has 63 heavy (non-hydrogen) atoms. The van der Waals surface area contributed by atoms with E-state index in [-0.39, 0.29) is 31.1 Å². The Morgan fingerprint density at radius 3 is 0.810 bits per heavy atom. The molecule has 0 rings (SSSR count). The lowest BCUT2D eigenvalue weighted by atomic mass is 10.0. The zero-order chi connectivity index (χ0) is 45.8. The van der Waals surface area contributed by atoms with Gasteiger partial charge in [0.1, 0.15) is 13.2 Å². The first-order valence-corrected chi connectivity index (χ1v) is 27.8. The Morgan fingerprint density at radius 1 is 0.302 bits per heavy atom. The molecule has 0 aromatic carbocycles. The van der Waals surface area contributed by atoms with Crippen LogP contribution in [0.25, 0.3) is 0 Å². The maximum absolute atomic E-state index is 12.8. The van der Waals surface area contributed by atoms with Crippen LogP contribution in [-0.2, 0) is 28.6 Å². The summed E-state index contributed by atoms with van der Waals surface area (Å²) < 4.78 is 16.8. The number of esters is 3. The van der Waals surface area contributed by atoms with Crippen LogP contribution in [0.5, 0.6) is 0 Å². The van der Waals surface area contributed by atoms with Gasteiger partial charge in [-0.2, -0.15) is 0 Å². The summed E-state index contributed by atoms with van der Waals surface area (Å²) in [5.74, 6) is -0.873. The van der Waals surface area contributed by atoms with Crippen LogP contribution >= 0.6 is 0 Å². The van der Waals surface area contributed by atoms with Gasteiger partial charge in [0.2, 0.25) is 0 Å². The monoisotopic (exact) mass is 887 g/mol. The lowest BCUT2D eigenvalue weighted by Crippen LogP contribution is -2.30. The minimum atomic E-state index is -0.773. The topological polar surface area (TPSA) is 78.9 Å². The molecule has 0 spiro atoms. The number of rotatable bonds is 51. The maximum Gasteiger partial charge on any atom is 0.306 e. The zero-order valence-corrected chi connectivity index (χ0v) is 42.4. The van der Waals surface area contributed by atoms with Crippen LogP contribution in [0.2, 0.25) is 0 Å². The second kappa shape index (κ2) is 52.5. The van der Waals surface area contributed by atoms with Crippen molar-refractivity contribution in [3.8, 4) is 0 Å². The second-order valence-electron chi connectivity index (χ2n) is 18.8. The Balaban J connectivity index is 4.35. The van der Waals surface area contributed by atoms with Gasteiger partial charge in [0, 0.05) is 19.3 Å². The van der Waals surface area contributed by atoms with Crippen molar-refractivity contribution in [3.63, 3.8) is 0 Å². The third kappa shape index (κ3) is 50.7. The Bertz CT molecular complexity index is 1020. The predicted octanol–water partition coefficient (Wildman–Crippen LogP) is 18.3. The van der Waals surface area contributed by atoms with Crippen LogP contribution in [0.15, 0.2) is 24.3 Å². The molecule has 0 amide bonds. The molecule has 6 heteroatoms. The molecular formula is C57H106O6. The van der Waals surface area contributed by atoms with E-state index in [2.05, 4.69) is 45.1 Å². The van der Waals surface area contributed by atoms with Gasteiger partial charge in [-0.3, -0.25) is 14.4 Å². The summed E-state index contributed by atoms with van der Waals surface area (Å²) in [6.07, 6.45) is 60.2. The Labute approximate surface area is 392 Å². The molecule has 0 bridgehead atoms. The summed E-state index contributed by atoms with van der Waals surface area (Å²) in [6.45, 7) is 6.65. The van der Waals surface area contributed by atoms with Gasteiger partial charge >= 0.3 is 17.9 Å². The summed E-state index contributed by atoms with van der Waals surface area (Å²) in [7, 11) is 0. The zero-order valence-electron chi connectivity index (χ0n) is 42.4. The highest BCUT2D eigenvalue weighted by molar-refractivity contribution is 5.71. The number of unbranched alkanes of at least 4 members (excludes halogenated alkanes) is 36. The smallest absolute Gasteiger partial charge is 0.306 e. The first-order valence-electron chi connectivity index (χ1n) is 27.8. The standard InChI is InChI=1S/C57H106O6/c1-4-7-10-13-16-19-22-25-27-29-32-35-38-41-44-47-50-56(59)62-53-54(52-61-55(58)49-46-43-40-37-34-31-24-21-18-15-12-9-6-3)63-57(60)51-48-45-42-39-36-33-30-28-26-23-20-17-14-11-8-5-2/h21,24,27,29,54H,4-20,22-23,25-26,28,30-53H2,1-3H3/b24-21-,29-27-/t54-/m1/s1. The summed E-state index contributed by atoms with van der Waals surface area (Å²) >= 11 is 0. The van der Waals surface area contributed by atoms with Crippen molar-refractivity contribution in [1.29, 1.82) is 0 Å². The molecule has 0 heterocycles. The number of hydrogen-bond acceptors (Lipinski definition) is 6. The van der Waals surface area contributed by atoms with E-state index in [1.807, 2.05) is 0 Å². The SMILES string of the molecule is CCCCCC/C=C\CCCCCCCC(=O)OC[C@H](COC(=O)CCCCCCC/C=C\CCCCCCCCC)OC(=O)CCCCCCCCCCCCCCCCCC. The second-order valence-corrected chi connectivity index (χ2v) is 18.8. The molecule has 0 saturated carbocycles. The van der Waals surface area contributed by atoms with Crippen molar-refractivity contribution < 1.29 is 28.6 Å². The fourth-order valence-corrected chi connectivity index (χ4v) is 8.20. The first kappa shape index (κ1) is 60.9. The number of allylic oxidation sites excluding steroid dienone is 4. The fraction of sp³-hybridized carbons (Fsp3) is 0.877. The molecule has 6 nitrogen and oxygen atoms in total. The normalized spacial score (nSPS) is 12.1. The van der Waals surface area contributed by atoms with E-state index in [0.717, 1.165) is 70.6 Å². The Kier molecular flexibility index (Phi) is 50.8. The Hall–Kier alpha value is -2.11. The third-order valence-corrected chi connectivity index (χ3v) is 12.4. The first-order chi connectivity index (χ1) is 31.0. The molecule has 0 aliphatic heterocycles. The van der Waals surface area contributed by atoms with E-state index >= 15 is 0 Å². The highest BCUT2D eigenvalue weighted by atomic mass is 16.6. The van der Waals surface area contributed by atoms with Crippen LogP contribution in [0, 0.1) is 0 Å². The summed E-state index contributed by atoms with van der Waals surface area (Å²) in [5, 5.41) is 0. The minimum Gasteiger partial charge on any atom is -0.462 e. The summed E-state index contributed by atoms with van der Waals surface area (Å²) in [5.41, 5.74) is 0. The molecule has 0 fully saturated rings. The van der Waals surface area contributed by atoms with Crippen molar-refractivity contribution in [2.75, 3.05) is 13.2 Å². The van der Waals surface area contributed by atoms with Crippen LogP contribution in [0.4, 0.5) is 0 Å². The molecule has 0 N–H and O–H groups in total. The number of hydrogen-bond donors (Lipinski definition) is 0. The van der Waals surface area contributed by atoms with Gasteiger partial charge in [-0.05, 0) is 70.6 Å². The largest absolute Gasteiger partial charge is 0.462 e. The van der Waals surface area contributed by atoms with Gasteiger partial charge in [-0.25, -0.2) is 0 Å². The molecule has 0 aliphatic carbocycles. The molecule has 0 saturated heterocycles. The van der Waals surface area contributed by atoms with E-state index in [1.54, 1.807) is 0 Å². The van der Waals surface area contributed by atoms with Gasteiger partial charge in [0.05, 0.1) is 0 Å². The molecular weight excluding hydrogens is 781 g/mol. The molecule has 0 aliphatic rings. The average Bonchev–Trinajstić information content (AvgIpc) is 3.28. The molecule has 0 radical (unpaired) electrons. The van der Waals surface area contributed by atoms with E-state index in [0.29, 0.717) is 19.3 Å². The molecule has 370 valence electrons. The van der Waals surface area contributed by atoms with Crippen molar-refractivity contribution >= 4 is 17.9 Å². The molecule has 0 aromatic heterocycles. The lowest BCUT2D eigenvalue weighted by molar-refractivity contribution is -0.167. The maximum atomic E-state index is 12.8. The Morgan fingerprint density at radius 2 is 0.524 bits per heavy atom. The average molecular weight is 887 g/mol. The predicted molar refractivity (Wildman–Crippen MR) is 270 cm³/mol. The van der Waals surface area contributed by atoms with Crippen LogP contribution < -0.4 is 0 Å². The van der Waals surface area contributed by atoms with Crippen molar-refractivity contribution in [2.45, 2.75) is 309 Å². The quantitative estimate of drug-likeness (QED) is 0.0262. The highest BCUT2D eigenvalue weighted by Gasteiger charge is 2.19. The third-order valence-electron chi connectivity index (χ3n) is 12.4. The van der Waals surface area contributed by atoms with Crippen LogP contribution in [0.1, 0.15) is 303 Å². The summed E-state index contributed by atoms with van der Waals surface area (Å²) in [6, 6.07) is 0. The van der Waals surface area contributed by atoms with Crippen LogP contribution in [-0.4, -0.2) is 37.2 Å². The van der Waals surface area contributed by atoms with E-state index in [4.69, 9.17) is 14.2 Å². The van der Waals surface area contributed by atoms with E-state index in [1.165, 1.54) is 193 Å². The van der Waals surface area contributed by atoms with Crippen molar-refractivity contribution in [3.05, 3.63) is 24.3 Å². The molecule has 1 atom stereocenters. The number of ether oxygens (including phenoxy) is 3. The van der Waals surface area contributed by atoms with Crippen LogP contribution in [0.3, 0.4) is 0 Å². The van der Waals surface area contributed by atoms with Gasteiger partial charge < -0.3 is 14.2 Å². The minimum absolute atomic E-state index is 0.0742. The van der Waals surface area contributed by atoms with E-state index in [9.17, 15) is 14.4 Å². The summed E-state index contributed by atoms with van der Waals surface area (Å²) in [4.78, 5) is 38.1. The van der Waals surface area contributed by atoms with Gasteiger partial charge in [-0.15, -0.1) is 0 Å². The lowest BCUT2D eigenvalue weighted by Gasteiger charge is -2.18. The molecule has 0 unspecified atom stereocenters. The van der Waals surface area contributed by atoms with Crippen molar-refractivity contribution in [2.24, 2.45) is 0 Å². The van der Waals surface area contributed by atoms with Gasteiger partial charge in [-0.1, -0.05) is 238 Å². The van der Waals surface area contributed by atoms with Crippen molar-refractivity contribution in [1.82, 2.24) is 0 Å². The van der Waals surface area contributed by atoms with E-state index < -0.39 is 6.10 Å². The number of carbonyl (C=O) groups is 3. The highest BCUT2D eigenvalue weighted by Crippen LogP contribution is 2.16. The molecule has 0 aromatic rings.